The van der Waals surface area contributed by atoms with Crippen LogP contribution in [0.1, 0.15) is 50.7 Å². The van der Waals surface area contributed by atoms with Gasteiger partial charge in [-0.25, -0.2) is 8.96 Å². The summed E-state index contributed by atoms with van der Waals surface area (Å²) < 4.78 is 24.3. The van der Waals surface area contributed by atoms with Gasteiger partial charge in [0, 0.05) is 28.3 Å². The zero-order valence-corrected chi connectivity index (χ0v) is 19.8. The maximum atomic E-state index is 15.5. The summed E-state index contributed by atoms with van der Waals surface area (Å²) in [6.45, 7) is 6.62. The van der Waals surface area contributed by atoms with Crippen molar-refractivity contribution in [1.29, 1.82) is 0 Å². The molecule has 0 radical (unpaired) electrons. The number of nitrogens with zero attached hydrogens (tertiary/aromatic N) is 1. The van der Waals surface area contributed by atoms with Gasteiger partial charge in [0.05, 0.1) is 11.1 Å². The minimum Gasteiger partial charge on any atom is -0.454 e. The third-order valence-electron chi connectivity index (χ3n) is 7.62. The van der Waals surface area contributed by atoms with Crippen molar-refractivity contribution in [3.63, 3.8) is 0 Å². The Hall–Kier alpha value is -3.20. The van der Waals surface area contributed by atoms with Crippen molar-refractivity contribution in [3.05, 3.63) is 82.8 Å². The highest BCUT2D eigenvalue weighted by Gasteiger charge is 2.36. The monoisotopic (exact) mass is 438 g/mol. The topological polar surface area (TPSA) is 17.0 Å². The van der Waals surface area contributed by atoms with Crippen LogP contribution in [0.25, 0.3) is 38.8 Å². The predicted octanol–water partition coefficient (Wildman–Crippen LogP) is 7.82. The van der Waals surface area contributed by atoms with Gasteiger partial charge in [0.1, 0.15) is 24.0 Å². The Balaban J connectivity index is 1.68. The molecule has 0 bridgehead atoms. The van der Waals surface area contributed by atoms with Crippen LogP contribution in [0.3, 0.4) is 0 Å². The van der Waals surface area contributed by atoms with Crippen LogP contribution in [0.2, 0.25) is 0 Å². The highest BCUT2D eigenvalue weighted by Crippen LogP contribution is 2.52. The minimum atomic E-state index is -0.202. The van der Waals surface area contributed by atoms with E-state index in [1.807, 2.05) is 31.4 Å². The molecule has 2 aliphatic carbocycles. The van der Waals surface area contributed by atoms with Crippen molar-refractivity contribution in [2.75, 3.05) is 0 Å². The second-order valence-electron chi connectivity index (χ2n) is 10.2. The Bertz CT molecular complexity index is 1520. The van der Waals surface area contributed by atoms with Crippen LogP contribution in [0, 0.1) is 18.2 Å². The lowest BCUT2D eigenvalue weighted by Gasteiger charge is -2.25. The number of hydrogen-bond acceptors (Lipinski definition) is 1. The average Bonchev–Trinajstić information content (AvgIpc) is 3.29. The van der Waals surface area contributed by atoms with Gasteiger partial charge >= 0.3 is 0 Å². The molecule has 0 amide bonds. The van der Waals surface area contributed by atoms with E-state index in [2.05, 4.69) is 49.6 Å². The first-order chi connectivity index (χ1) is 15.9. The van der Waals surface area contributed by atoms with Gasteiger partial charge in [-0.2, -0.15) is 0 Å². The first-order valence-electron chi connectivity index (χ1n) is 11.9. The molecule has 0 saturated heterocycles. The summed E-state index contributed by atoms with van der Waals surface area (Å²) >= 11 is 0. The molecule has 6 rings (SSSR count). The lowest BCUT2D eigenvalue weighted by atomic mass is 9.80. The molecule has 166 valence electrons. The van der Waals surface area contributed by atoms with Crippen molar-refractivity contribution in [3.8, 4) is 11.3 Å². The molecule has 0 unspecified atom stereocenters. The van der Waals surface area contributed by atoms with E-state index < -0.39 is 0 Å². The van der Waals surface area contributed by atoms with Crippen molar-refractivity contribution in [1.82, 2.24) is 0 Å². The molecule has 2 aromatic heterocycles. The van der Waals surface area contributed by atoms with Crippen LogP contribution < -0.4 is 4.57 Å². The number of allylic oxidation sites excluding steroid dienone is 4. The average molecular weight is 439 g/mol. The number of pyridine rings is 1. The van der Waals surface area contributed by atoms with E-state index in [0.717, 1.165) is 58.0 Å². The van der Waals surface area contributed by atoms with E-state index in [9.17, 15) is 0 Å². The minimum absolute atomic E-state index is 0.0365. The molecule has 2 aromatic carbocycles. The smallest absolute Gasteiger partial charge is 0.216 e. The Kier molecular flexibility index (Phi) is 4.42. The number of aromatic nitrogens is 1. The number of furan rings is 1. The van der Waals surface area contributed by atoms with Crippen LogP contribution >= 0.6 is 0 Å². The van der Waals surface area contributed by atoms with Crippen LogP contribution in [0.15, 0.2) is 70.3 Å². The first-order valence-corrected chi connectivity index (χ1v) is 11.9. The summed E-state index contributed by atoms with van der Waals surface area (Å²) in [5.74, 6) is -0.202. The third-order valence-corrected chi connectivity index (χ3v) is 7.62. The number of fused-ring (bicyclic) bond motifs is 3. The molecule has 0 saturated carbocycles. The van der Waals surface area contributed by atoms with Crippen molar-refractivity contribution < 1.29 is 13.4 Å². The van der Waals surface area contributed by atoms with E-state index >= 15 is 4.39 Å². The maximum absolute atomic E-state index is 15.5. The number of aryl methyl sites for hydroxylation is 2. The number of halogens is 1. The lowest BCUT2D eigenvalue weighted by molar-refractivity contribution is -0.660. The van der Waals surface area contributed by atoms with Gasteiger partial charge in [0.15, 0.2) is 6.20 Å². The van der Waals surface area contributed by atoms with E-state index in [0.29, 0.717) is 11.1 Å². The Morgan fingerprint density at radius 1 is 0.909 bits per heavy atom. The molecule has 33 heavy (non-hydrogen) atoms. The molecule has 0 fully saturated rings. The second-order valence-corrected chi connectivity index (χ2v) is 10.2. The molecule has 0 aliphatic heterocycles. The Morgan fingerprint density at radius 2 is 1.64 bits per heavy atom. The van der Waals surface area contributed by atoms with Crippen molar-refractivity contribution >= 4 is 27.5 Å². The molecule has 0 N–H and O–H groups in total. The van der Waals surface area contributed by atoms with Gasteiger partial charge in [-0.3, -0.25) is 0 Å². The van der Waals surface area contributed by atoms with Gasteiger partial charge in [0.25, 0.3) is 0 Å². The van der Waals surface area contributed by atoms with E-state index in [-0.39, 0.29) is 11.2 Å². The fraction of sp³-hybridized carbons (Fsp3) is 0.300. The highest BCUT2D eigenvalue weighted by atomic mass is 19.1. The first kappa shape index (κ1) is 20.4. The van der Waals surface area contributed by atoms with Gasteiger partial charge in [-0.1, -0.05) is 37.6 Å². The quantitative estimate of drug-likeness (QED) is 0.292. The largest absolute Gasteiger partial charge is 0.454 e. The van der Waals surface area contributed by atoms with Crippen LogP contribution in [0.5, 0.6) is 0 Å². The van der Waals surface area contributed by atoms with Gasteiger partial charge in [-0.05, 0) is 67.5 Å². The van der Waals surface area contributed by atoms with Crippen molar-refractivity contribution in [2.24, 2.45) is 12.5 Å². The number of hydrogen-bond donors (Lipinski definition) is 0. The molecule has 4 aromatic rings. The van der Waals surface area contributed by atoms with Gasteiger partial charge in [0.2, 0.25) is 5.69 Å². The lowest BCUT2D eigenvalue weighted by Crippen LogP contribution is -2.30. The standard InChI is InChI=1S/C30H29FNO/c1-18-12-13-20-21-14-15-24(31)27(22-17-30(2,3)23-10-6-5-9-19(22)23)29(21)33-28(20)26(18)25-11-7-8-16-32(25)4/h7-8,11-17H,5-6,9-10H2,1-4H3/q+1. The summed E-state index contributed by atoms with van der Waals surface area (Å²) in [7, 11) is 2.05. The van der Waals surface area contributed by atoms with Crippen LogP contribution in [-0.2, 0) is 7.05 Å². The molecular weight excluding hydrogens is 409 g/mol. The molecule has 3 heteroatoms. The summed E-state index contributed by atoms with van der Waals surface area (Å²) in [4.78, 5) is 0. The van der Waals surface area contributed by atoms with Gasteiger partial charge < -0.3 is 4.42 Å². The Morgan fingerprint density at radius 3 is 2.42 bits per heavy atom. The number of rotatable bonds is 2. The molecule has 2 nitrogen and oxygen atoms in total. The van der Waals surface area contributed by atoms with E-state index in [1.54, 1.807) is 6.07 Å². The predicted molar refractivity (Wildman–Crippen MR) is 132 cm³/mol. The summed E-state index contributed by atoms with van der Waals surface area (Å²) in [5.41, 5.74) is 9.23. The third kappa shape index (κ3) is 2.95. The summed E-state index contributed by atoms with van der Waals surface area (Å²) in [6.07, 6.45) is 8.83. The fourth-order valence-electron chi connectivity index (χ4n) is 6.00. The molecular formula is C30H29FNO+. The van der Waals surface area contributed by atoms with Crippen LogP contribution in [-0.4, -0.2) is 0 Å². The fourth-order valence-corrected chi connectivity index (χ4v) is 6.00. The van der Waals surface area contributed by atoms with E-state index in [4.69, 9.17) is 4.42 Å². The van der Waals surface area contributed by atoms with Crippen molar-refractivity contribution in [2.45, 2.75) is 46.5 Å². The second kappa shape index (κ2) is 7.15. The SMILES string of the molecule is Cc1ccc2c(oc3c(C4=CC(C)(C)C5=C4CCCC5)c(F)ccc32)c1-c1cccc[n+]1C. The zero-order chi connectivity index (χ0) is 22.9. The Labute approximate surface area is 194 Å². The zero-order valence-electron chi connectivity index (χ0n) is 19.8. The van der Waals surface area contributed by atoms with Crippen LogP contribution in [0.4, 0.5) is 4.39 Å². The van der Waals surface area contributed by atoms with E-state index in [1.165, 1.54) is 17.6 Å². The summed E-state index contributed by atoms with van der Waals surface area (Å²) in [5, 5.41) is 2.01. The highest BCUT2D eigenvalue weighted by molar-refractivity contribution is 6.13. The normalized spacial score (nSPS) is 17.7. The summed E-state index contributed by atoms with van der Waals surface area (Å²) in [6, 6.07) is 13.9. The molecule has 2 heterocycles. The number of benzene rings is 2. The maximum Gasteiger partial charge on any atom is 0.216 e. The molecule has 2 aliphatic rings. The molecule has 0 atom stereocenters. The van der Waals surface area contributed by atoms with Gasteiger partial charge in [-0.15, -0.1) is 0 Å². The molecule has 0 spiro atoms.